The van der Waals surface area contributed by atoms with Crippen LogP contribution in [0.1, 0.15) is 16.7 Å². The molecular formula is C28H25NO3S3. The summed E-state index contributed by atoms with van der Waals surface area (Å²) in [5.41, 5.74) is 3.61. The van der Waals surface area contributed by atoms with Gasteiger partial charge in [0.05, 0.1) is 17.7 Å². The number of methoxy groups -OCH3 is 1. The fraction of sp³-hybridized carbons (Fsp3) is 0.143. The molecule has 0 N–H and O–H groups in total. The summed E-state index contributed by atoms with van der Waals surface area (Å²) < 4.78 is 12.3. The van der Waals surface area contributed by atoms with Gasteiger partial charge in [-0.1, -0.05) is 66.5 Å². The topological polar surface area (TPSA) is 38.8 Å². The van der Waals surface area contributed by atoms with Crippen LogP contribution in [0.25, 0.3) is 6.08 Å². The van der Waals surface area contributed by atoms with Crippen LogP contribution in [0.2, 0.25) is 0 Å². The summed E-state index contributed by atoms with van der Waals surface area (Å²) in [5.74, 6) is 1.15. The van der Waals surface area contributed by atoms with Gasteiger partial charge in [0.2, 0.25) is 0 Å². The average molecular weight is 520 g/mol. The lowest BCUT2D eigenvalue weighted by Gasteiger charge is -2.16. The summed E-state index contributed by atoms with van der Waals surface area (Å²) in [6.07, 6.45) is 6.29. The Morgan fingerprint density at radius 2 is 1.91 bits per heavy atom. The summed E-state index contributed by atoms with van der Waals surface area (Å²) in [6.45, 7) is 4.31. The maximum atomic E-state index is 13.3. The smallest absolute Gasteiger partial charge is 0.270 e. The molecule has 1 aliphatic rings. The summed E-state index contributed by atoms with van der Waals surface area (Å²) in [6, 6.07) is 21.7. The van der Waals surface area contributed by atoms with E-state index in [1.54, 1.807) is 23.8 Å². The van der Waals surface area contributed by atoms with Gasteiger partial charge in [0.15, 0.2) is 15.8 Å². The Morgan fingerprint density at radius 1 is 1.11 bits per heavy atom. The van der Waals surface area contributed by atoms with Crippen molar-refractivity contribution in [1.29, 1.82) is 0 Å². The van der Waals surface area contributed by atoms with Gasteiger partial charge in [-0.2, -0.15) is 0 Å². The number of hydrogen-bond donors (Lipinski definition) is 0. The van der Waals surface area contributed by atoms with Crippen molar-refractivity contribution < 1.29 is 14.3 Å². The Kier molecular flexibility index (Phi) is 8.33. The fourth-order valence-corrected chi connectivity index (χ4v) is 5.46. The minimum atomic E-state index is -0.133. The monoisotopic (exact) mass is 519 g/mol. The van der Waals surface area contributed by atoms with Crippen LogP contribution in [0.5, 0.6) is 11.5 Å². The Hall–Kier alpha value is -3.00. The highest BCUT2D eigenvalue weighted by molar-refractivity contribution is 8.27. The first kappa shape index (κ1) is 25.1. The Morgan fingerprint density at radius 3 is 2.63 bits per heavy atom. The molecule has 0 aromatic heterocycles. The van der Waals surface area contributed by atoms with Crippen LogP contribution in [0.15, 0.2) is 89.2 Å². The number of carbonyl (C=O) groups excluding carboxylic acids is 1. The van der Waals surface area contributed by atoms with Crippen LogP contribution >= 0.6 is 35.7 Å². The van der Waals surface area contributed by atoms with Gasteiger partial charge in [-0.15, -0.1) is 18.3 Å². The average Bonchev–Trinajstić information content (AvgIpc) is 3.16. The fourth-order valence-electron chi connectivity index (χ4n) is 3.71. The molecular weight excluding hydrogens is 495 g/mol. The van der Waals surface area contributed by atoms with Crippen molar-refractivity contribution in [2.24, 2.45) is 0 Å². The van der Waals surface area contributed by atoms with Gasteiger partial charge in [-0.3, -0.25) is 9.69 Å². The van der Waals surface area contributed by atoms with Crippen LogP contribution in [0.4, 0.5) is 5.69 Å². The van der Waals surface area contributed by atoms with Gasteiger partial charge in [-0.05, 0) is 60.2 Å². The maximum Gasteiger partial charge on any atom is 0.270 e. The number of hydrogen-bond acceptors (Lipinski definition) is 6. The van der Waals surface area contributed by atoms with Crippen molar-refractivity contribution >= 4 is 57.7 Å². The zero-order chi connectivity index (χ0) is 24.8. The number of benzene rings is 3. The van der Waals surface area contributed by atoms with E-state index < -0.39 is 0 Å². The highest BCUT2D eigenvalue weighted by atomic mass is 32.2. The zero-order valence-electron chi connectivity index (χ0n) is 19.5. The first-order valence-corrected chi connectivity index (χ1v) is 13.4. The predicted molar refractivity (Wildman–Crippen MR) is 152 cm³/mol. The van der Waals surface area contributed by atoms with Crippen molar-refractivity contribution in [3.63, 3.8) is 0 Å². The number of amides is 1. The summed E-state index contributed by atoms with van der Waals surface area (Å²) >= 11 is 8.48. The van der Waals surface area contributed by atoms with Gasteiger partial charge in [0.1, 0.15) is 6.61 Å². The van der Waals surface area contributed by atoms with Crippen molar-refractivity contribution in [1.82, 2.24) is 0 Å². The highest BCUT2D eigenvalue weighted by Crippen LogP contribution is 2.39. The summed E-state index contributed by atoms with van der Waals surface area (Å²) in [7, 11) is 1.62. The lowest BCUT2D eigenvalue weighted by atomic mass is 10.0. The normalized spacial score (nSPS) is 14.5. The molecule has 0 unspecified atom stereocenters. The van der Waals surface area contributed by atoms with Crippen molar-refractivity contribution in [2.75, 3.05) is 18.3 Å². The Balaban J connectivity index is 1.64. The summed E-state index contributed by atoms with van der Waals surface area (Å²) in [5, 5.41) is 0. The van der Waals surface area contributed by atoms with Gasteiger partial charge in [-0.25, -0.2) is 0 Å². The molecule has 3 aromatic carbocycles. The molecule has 4 rings (SSSR count). The predicted octanol–water partition coefficient (Wildman–Crippen LogP) is 7.13. The van der Waals surface area contributed by atoms with Gasteiger partial charge >= 0.3 is 0 Å². The second kappa shape index (κ2) is 11.6. The van der Waals surface area contributed by atoms with Crippen LogP contribution in [0.3, 0.4) is 0 Å². The van der Waals surface area contributed by atoms with E-state index in [-0.39, 0.29) is 5.91 Å². The van der Waals surface area contributed by atoms with E-state index in [4.69, 9.17) is 21.7 Å². The lowest BCUT2D eigenvalue weighted by Crippen LogP contribution is -2.27. The molecule has 0 aliphatic carbocycles. The largest absolute Gasteiger partial charge is 0.493 e. The molecule has 1 heterocycles. The number of thiocarbonyl (C=S) groups is 1. The van der Waals surface area contributed by atoms with E-state index in [9.17, 15) is 4.79 Å². The number of thioether (sulfide) groups is 2. The van der Waals surface area contributed by atoms with Crippen LogP contribution in [-0.2, 0) is 17.8 Å². The zero-order valence-corrected chi connectivity index (χ0v) is 22.0. The number of nitrogens with zero attached hydrogens (tertiary/aromatic N) is 1. The van der Waals surface area contributed by atoms with Gasteiger partial charge in [0, 0.05) is 10.5 Å². The first-order valence-electron chi connectivity index (χ1n) is 10.9. The van der Waals surface area contributed by atoms with E-state index in [0.29, 0.717) is 33.8 Å². The first-order chi connectivity index (χ1) is 17.0. The molecule has 178 valence electrons. The lowest BCUT2D eigenvalue weighted by molar-refractivity contribution is -0.113. The van der Waals surface area contributed by atoms with Crippen molar-refractivity contribution in [3.8, 4) is 11.5 Å². The second-order valence-corrected chi connectivity index (χ2v) is 10.3. The maximum absolute atomic E-state index is 13.3. The number of allylic oxidation sites excluding steroid dienone is 1. The van der Waals surface area contributed by atoms with E-state index in [0.717, 1.165) is 27.3 Å². The molecule has 1 amide bonds. The minimum absolute atomic E-state index is 0.133. The molecule has 0 atom stereocenters. The second-order valence-electron chi connectivity index (χ2n) is 7.70. The van der Waals surface area contributed by atoms with Crippen LogP contribution in [0, 0.1) is 0 Å². The molecule has 0 bridgehead atoms. The molecule has 0 saturated carbocycles. The van der Waals surface area contributed by atoms with Gasteiger partial charge in [0.25, 0.3) is 5.91 Å². The molecule has 0 radical (unpaired) electrons. The van der Waals surface area contributed by atoms with E-state index in [2.05, 4.69) is 6.58 Å². The Labute approximate surface area is 220 Å². The van der Waals surface area contributed by atoms with Gasteiger partial charge < -0.3 is 9.47 Å². The Bertz CT molecular complexity index is 1290. The SMILES string of the molecule is C=CCc1cc(/C=C2\SC(=S)N(c3cccc(SC)c3)C2=O)cc(OC)c1OCc1ccccc1. The third-order valence-corrected chi connectivity index (χ3v) is 7.39. The number of carbonyl (C=O) groups is 1. The molecule has 35 heavy (non-hydrogen) atoms. The highest BCUT2D eigenvalue weighted by Gasteiger charge is 2.33. The van der Waals surface area contributed by atoms with Crippen LogP contribution < -0.4 is 14.4 Å². The molecule has 1 saturated heterocycles. The third-order valence-electron chi connectivity index (χ3n) is 5.37. The van der Waals surface area contributed by atoms with E-state index >= 15 is 0 Å². The summed E-state index contributed by atoms with van der Waals surface area (Å²) in [4.78, 5) is 16.5. The molecule has 7 heteroatoms. The van der Waals surface area contributed by atoms with E-state index in [1.165, 1.54) is 11.8 Å². The molecule has 1 fully saturated rings. The molecule has 4 nitrogen and oxygen atoms in total. The van der Waals surface area contributed by atoms with Crippen molar-refractivity contribution in [3.05, 3.63) is 101 Å². The van der Waals surface area contributed by atoms with Crippen molar-refractivity contribution in [2.45, 2.75) is 17.9 Å². The molecule has 0 spiro atoms. The molecule has 1 aliphatic heterocycles. The minimum Gasteiger partial charge on any atom is -0.493 e. The number of anilines is 1. The standard InChI is InChI=1S/C28H25NO3S3/c1-4-9-21-14-20(15-24(31-2)26(21)32-18-19-10-6-5-7-11-19)16-25-27(30)29(28(33)35-25)22-12-8-13-23(17-22)34-3/h4-8,10-17H,1,9,18H2,2-3H3/b25-16-. The molecule has 3 aromatic rings. The third kappa shape index (κ3) is 5.81. The quantitative estimate of drug-likeness (QED) is 0.130. The number of ether oxygens (including phenoxy) is 2. The van der Waals surface area contributed by atoms with E-state index in [1.807, 2.05) is 85.1 Å². The number of rotatable bonds is 9. The van der Waals surface area contributed by atoms with Crippen LogP contribution in [-0.4, -0.2) is 23.6 Å².